The summed E-state index contributed by atoms with van der Waals surface area (Å²) in [5.41, 5.74) is 0.319. The third-order valence-electron chi connectivity index (χ3n) is 1.39. The van der Waals surface area contributed by atoms with Crippen molar-refractivity contribution in [2.24, 2.45) is 5.41 Å². The van der Waals surface area contributed by atoms with Gasteiger partial charge in [0.1, 0.15) is 0 Å². The van der Waals surface area contributed by atoms with Gasteiger partial charge in [0.05, 0.1) is 12.2 Å². The lowest BCUT2D eigenvalue weighted by atomic mass is 9.84. The van der Waals surface area contributed by atoms with Gasteiger partial charge in [0.25, 0.3) is 0 Å². The molecule has 0 aromatic rings. The zero-order valence-electron chi connectivity index (χ0n) is 8.69. The first-order valence-electron chi connectivity index (χ1n) is 4.22. The standard InChI is InChI=1S/C10H21O/c1-7-11-10(5,6)8-9(2,3)4/h7H,8H2,1-6H3. The Morgan fingerprint density at radius 3 is 1.82 bits per heavy atom. The fraction of sp³-hybridized carbons (Fsp3) is 0.900. The molecule has 0 saturated carbocycles. The van der Waals surface area contributed by atoms with Crippen LogP contribution in [-0.2, 0) is 4.74 Å². The lowest BCUT2D eigenvalue weighted by molar-refractivity contribution is -0.00391. The molecule has 0 aromatic carbocycles. The third-order valence-corrected chi connectivity index (χ3v) is 1.39. The highest BCUT2D eigenvalue weighted by molar-refractivity contribution is 4.77. The Morgan fingerprint density at radius 2 is 1.55 bits per heavy atom. The summed E-state index contributed by atoms with van der Waals surface area (Å²) >= 11 is 0. The van der Waals surface area contributed by atoms with Crippen molar-refractivity contribution in [2.75, 3.05) is 0 Å². The molecule has 0 aromatic heterocycles. The fourth-order valence-corrected chi connectivity index (χ4v) is 1.64. The molecule has 0 aliphatic carbocycles. The molecule has 0 bridgehead atoms. The van der Waals surface area contributed by atoms with Crippen molar-refractivity contribution in [3.63, 3.8) is 0 Å². The first-order chi connectivity index (χ1) is 4.77. The molecule has 1 heteroatoms. The summed E-state index contributed by atoms with van der Waals surface area (Å²) in [7, 11) is 0. The minimum Gasteiger partial charge on any atom is -0.370 e. The SMILES string of the molecule is C[CH]OC(C)(C)CC(C)(C)C. The Kier molecular flexibility index (Phi) is 3.56. The minimum atomic E-state index is -0.0208. The van der Waals surface area contributed by atoms with Gasteiger partial charge < -0.3 is 4.74 Å². The van der Waals surface area contributed by atoms with Crippen LogP contribution in [0.4, 0.5) is 0 Å². The lowest BCUT2D eigenvalue weighted by Gasteiger charge is -2.31. The Bertz CT molecular complexity index is 109. The van der Waals surface area contributed by atoms with E-state index in [1.54, 1.807) is 6.61 Å². The predicted molar refractivity (Wildman–Crippen MR) is 49.2 cm³/mol. The predicted octanol–water partition coefficient (Wildman–Crippen LogP) is 3.40. The Labute approximate surface area is 71.1 Å². The molecule has 67 valence electrons. The molecule has 0 rings (SSSR count). The minimum absolute atomic E-state index is 0.0208. The van der Waals surface area contributed by atoms with Crippen LogP contribution < -0.4 is 0 Å². The summed E-state index contributed by atoms with van der Waals surface area (Å²) in [6.07, 6.45) is 1.07. The fourth-order valence-electron chi connectivity index (χ4n) is 1.64. The van der Waals surface area contributed by atoms with Crippen molar-refractivity contribution in [3.05, 3.63) is 6.61 Å². The van der Waals surface area contributed by atoms with Crippen molar-refractivity contribution in [1.29, 1.82) is 0 Å². The summed E-state index contributed by atoms with van der Waals surface area (Å²) < 4.78 is 5.48. The van der Waals surface area contributed by atoms with Crippen LogP contribution in [0.5, 0.6) is 0 Å². The van der Waals surface area contributed by atoms with E-state index in [1.807, 2.05) is 6.92 Å². The van der Waals surface area contributed by atoms with Crippen molar-refractivity contribution in [2.45, 2.75) is 53.6 Å². The molecule has 0 amide bonds. The van der Waals surface area contributed by atoms with Crippen LogP contribution in [0.15, 0.2) is 0 Å². The monoisotopic (exact) mass is 157 g/mol. The number of hydrogen-bond acceptors (Lipinski definition) is 1. The van der Waals surface area contributed by atoms with Gasteiger partial charge in [0.15, 0.2) is 0 Å². The topological polar surface area (TPSA) is 9.23 Å². The number of ether oxygens (including phenoxy) is 1. The van der Waals surface area contributed by atoms with Gasteiger partial charge in [-0.05, 0) is 32.6 Å². The summed E-state index contributed by atoms with van der Waals surface area (Å²) in [5.74, 6) is 0. The van der Waals surface area contributed by atoms with Gasteiger partial charge in [0.2, 0.25) is 0 Å². The van der Waals surface area contributed by atoms with Crippen LogP contribution in [0.25, 0.3) is 0 Å². The second kappa shape index (κ2) is 3.57. The molecule has 0 unspecified atom stereocenters. The molecule has 0 heterocycles. The maximum absolute atomic E-state index is 5.48. The van der Waals surface area contributed by atoms with E-state index in [1.165, 1.54) is 0 Å². The van der Waals surface area contributed by atoms with Crippen molar-refractivity contribution < 1.29 is 4.74 Å². The molecule has 0 aliphatic heterocycles. The lowest BCUT2D eigenvalue weighted by Crippen LogP contribution is -2.29. The molecule has 0 fully saturated rings. The second-order valence-electron chi connectivity index (χ2n) is 4.85. The Hall–Kier alpha value is -0.0400. The normalized spacial score (nSPS) is 13.6. The molecule has 0 spiro atoms. The van der Waals surface area contributed by atoms with Crippen LogP contribution in [0.1, 0.15) is 48.0 Å². The highest BCUT2D eigenvalue weighted by Crippen LogP contribution is 2.29. The van der Waals surface area contributed by atoms with Gasteiger partial charge in [-0.15, -0.1) is 0 Å². The summed E-state index contributed by atoms with van der Waals surface area (Å²) in [4.78, 5) is 0. The molecule has 0 atom stereocenters. The van der Waals surface area contributed by atoms with E-state index < -0.39 is 0 Å². The molecule has 1 radical (unpaired) electrons. The van der Waals surface area contributed by atoms with Crippen LogP contribution in [0, 0.1) is 12.0 Å². The zero-order chi connectivity index (χ0) is 9.12. The molecule has 11 heavy (non-hydrogen) atoms. The van der Waals surface area contributed by atoms with Crippen molar-refractivity contribution in [1.82, 2.24) is 0 Å². The van der Waals surface area contributed by atoms with Crippen molar-refractivity contribution in [3.8, 4) is 0 Å². The molecule has 0 saturated heterocycles. The van der Waals surface area contributed by atoms with E-state index in [-0.39, 0.29) is 5.60 Å². The molecular weight excluding hydrogens is 136 g/mol. The largest absolute Gasteiger partial charge is 0.370 e. The van der Waals surface area contributed by atoms with Gasteiger partial charge in [-0.2, -0.15) is 0 Å². The first-order valence-corrected chi connectivity index (χ1v) is 4.22. The maximum Gasteiger partial charge on any atom is 0.0813 e. The van der Waals surface area contributed by atoms with Gasteiger partial charge in [-0.3, -0.25) is 0 Å². The molecule has 0 N–H and O–H groups in total. The molecular formula is C10H21O. The van der Waals surface area contributed by atoms with Crippen LogP contribution in [0.2, 0.25) is 0 Å². The smallest absolute Gasteiger partial charge is 0.0813 e. The van der Waals surface area contributed by atoms with Gasteiger partial charge >= 0.3 is 0 Å². The number of hydrogen-bond donors (Lipinski definition) is 0. The van der Waals surface area contributed by atoms with Crippen LogP contribution in [0.3, 0.4) is 0 Å². The highest BCUT2D eigenvalue weighted by atomic mass is 16.5. The van der Waals surface area contributed by atoms with Crippen LogP contribution in [-0.4, -0.2) is 5.60 Å². The third kappa shape index (κ3) is 6.36. The molecule has 0 aliphatic rings. The van der Waals surface area contributed by atoms with E-state index in [2.05, 4.69) is 34.6 Å². The van der Waals surface area contributed by atoms with Gasteiger partial charge in [-0.25, -0.2) is 0 Å². The second-order valence-corrected chi connectivity index (χ2v) is 4.85. The summed E-state index contributed by atoms with van der Waals surface area (Å²) in [6.45, 7) is 14.6. The maximum atomic E-state index is 5.48. The number of rotatable bonds is 3. The summed E-state index contributed by atoms with van der Waals surface area (Å²) in [6, 6.07) is 0. The Morgan fingerprint density at radius 1 is 1.09 bits per heavy atom. The van der Waals surface area contributed by atoms with E-state index in [9.17, 15) is 0 Å². The first kappa shape index (κ1) is 11.0. The average molecular weight is 157 g/mol. The van der Waals surface area contributed by atoms with E-state index in [0.29, 0.717) is 5.41 Å². The van der Waals surface area contributed by atoms with E-state index in [0.717, 1.165) is 6.42 Å². The summed E-state index contributed by atoms with van der Waals surface area (Å²) in [5, 5.41) is 0. The highest BCUT2D eigenvalue weighted by Gasteiger charge is 2.25. The zero-order valence-corrected chi connectivity index (χ0v) is 8.69. The molecule has 1 nitrogen and oxygen atoms in total. The van der Waals surface area contributed by atoms with Crippen LogP contribution >= 0.6 is 0 Å². The average Bonchev–Trinajstić information content (AvgIpc) is 1.55. The van der Waals surface area contributed by atoms with Crippen molar-refractivity contribution >= 4 is 0 Å². The quantitative estimate of drug-likeness (QED) is 0.610. The van der Waals surface area contributed by atoms with E-state index in [4.69, 9.17) is 4.74 Å². The van der Waals surface area contributed by atoms with E-state index >= 15 is 0 Å². The van der Waals surface area contributed by atoms with Gasteiger partial charge in [-0.1, -0.05) is 20.8 Å². The van der Waals surface area contributed by atoms with Gasteiger partial charge in [0, 0.05) is 0 Å². The Balaban J connectivity index is 3.91.